The van der Waals surface area contributed by atoms with Crippen LogP contribution in [0.5, 0.6) is 0 Å². The number of hydrogen-bond acceptors (Lipinski definition) is 6. The number of amides is 3. The Morgan fingerprint density at radius 2 is 1.38 bits per heavy atom. The monoisotopic (exact) mass is 667 g/mol. The quantitative estimate of drug-likeness (QED) is 0.187. The predicted molar refractivity (Wildman–Crippen MR) is 186 cm³/mol. The summed E-state index contributed by atoms with van der Waals surface area (Å²) >= 11 is 0. The molecule has 5 rings (SSSR count). The third kappa shape index (κ3) is 9.83. The van der Waals surface area contributed by atoms with Crippen molar-refractivity contribution in [3.05, 3.63) is 125 Å². The van der Waals surface area contributed by atoms with E-state index in [9.17, 15) is 22.8 Å². The maximum absolute atomic E-state index is 13.5. The van der Waals surface area contributed by atoms with Crippen molar-refractivity contribution in [2.24, 2.45) is 5.14 Å². The molecule has 0 aliphatic carbocycles. The van der Waals surface area contributed by atoms with Crippen LogP contribution in [0.15, 0.2) is 108 Å². The van der Waals surface area contributed by atoms with E-state index >= 15 is 0 Å². The lowest BCUT2D eigenvalue weighted by Crippen LogP contribution is -2.40. The largest absolute Gasteiger partial charge is 0.351 e. The van der Waals surface area contributed by atoms with E-state index in [0.717, 1.165) is 41.9 Å². The van der Waals surface area contributed by atoms with Gasteiger partial charge < -0.3 is 20.4 Å². The summed E-state index contributed by atoms with van der Waals surface area (Å²) in [6, 6.07) is 30.2. The van der Waals surface area contributed by atoms with Crippen LogP contribution in [0.4, 0.5) is 0 Å². The Balaban J connectivity index is 1.28. The van der Waals surface area contributed by atoms with Gasteiger partial charge >= 0.3 is 0 Å². The summed E-state index contributed by atoms with van der Waals surface area (Å²) in [6.07, 6.45) is 2.88. The number of carbonyl (C=O) groups excluding carboxylic acids is 3. The van der Waals surface area contributed by atoms with Gasteiger partial charge in [0.1, 0.15) is 0 Å². The van der Waals surface area contributed by atoms with Crippen LogP contribution in [0.1, 0.15) is 44.7 Å². The molecule has 10 nitrogen and oxygen atoms in total. The number of rotatable bonds is 14. The lowest BCUT2D eigenvalue weighted by Gasteiger charge is -2.24. The maximum atomic E-state index is 13.5. The van der Waals surface area contributed by atoms with Crippen molar-refractivity contribution in [1.29, 1.82) is 0 Å². The Morgan fingerprint density at radius 1 is 0.729 bits per heavy atom. The molecule has 1 fully saturated rings. The standard InChI is InChI=1S/C37H41N5O5S/c38-48(46,47)34-16-14-28(15-17-34)18-22-42(35(43)26-40-36(44)30-9-2-1-3-10-30)27-29-8-6-11-31(24-29)32-12-7-13-33(25-32)37(45)39-19-23-41-20-4-5-21-41/h1-3,6-17,24-25H,4-5,18-23,26-27H2,(H,39,45)(H,40,44)(H2,38,46,47). The first-order chi connectivity index (χ1) is 23.2. The number of nitrogens with two attached hydrogens (primary N) is 1. The molecular formula is C37H41N5O5S. The molecule has 48 heavy (non-hydrogen) atoms. The molecule has 0 saturated carbocycles. The second-order valence-corrected chi connectivity index (χ2v) is 13.5. The SMILES string of the molecule is NS(=O)(=O)c1ccc(CCN(Cc2cccc(-c3cccc(C(=O)NCCN4CCCC4)c3)c2)C(=O)CNC(=O)c2ccccc2)cc1. The molecule has 0 atom stereocenters. The molecule has 4 aromatic carbocycles. The number of nitrogens with one attached hydrogen (secondary N) is 2. The Kier molecular flexibility index (Phi) is 11.7. The zero-order chi connectivity index (χ0) is 33.9. The van der Waals surface area contributed by atoms with Gasteiger partial charge in [0.05, 0.1) is 11.4 Å². The first-order valence-electron chi connectivity index (χ1n) is 16.1. The summed E-state index contributed by atoms with van der Waals surface area (Å²) in [7, 11) is -3.81. The minimum Gasteiger partial charge on any atom is -0.351 e. The van der Waals surface area contributed by atoms with Crippen LogP contribution in [-0.4, -0.2) is 75.2 Å². The average molecular weight is 668 g/mol. The number of carbonyl (C=O) groups is 3. The van der Waals surface area contributed by atoms with Gasteiger partial charge in [-0.15, -0.1) is 0 Å². The van der Waals surface area contributed by atoms with Gasteiger partial charge in [-0.2, -0.15) is 0 Å². The zero-order valence-corrected chi connectivity index (χ0v) is 27.6. The van der Waals surface area contributed by atoms with Crippen molar-refractivity contribution < 1.29 is 22.8 Å². The molecule has 0 unspecified atom stereocenters. The highest BCUT2D eigenvalue weighted by Gasteiger charge is 2.18. The number of likely N-dealkylation sites (tertiary alicyclic amines) is 1. The van der Waals surface area contributed by atoms with Gasteiger partial charge in [-0.3, -0.25) is 14.4 Å². The molecule has 1 aliphatic heterocycles. The molecule has 250 valence electrons. The van der Waals surface area contributed by atoms with E-state index in [1.54, 1.807) is 47.4 Å². The van der Waals surface area contributed by atoms with E-state index in [-0.39, 0.29) is 35.7 Å². The van der Waals surface area contributed by atoms with Crippen molar-refractivity contribution in [1.82, 2.24) is 20.4 Å². The van der Waals surface area contributed by atoms with Crippen LogP contribution >= 0.6 is 0 Å². The molecule has 3 amide bonds. The number of primary sulfonamides is 1. The molecular weight excluding hydrogens is 627 g/mol. The lowest BCUT2D eigenvalue weighted by molar-refractivity contribution is -0.130. The zero-order valence-electron chi connectivity index (χ0n) is 26.8. The minimum atomic E-state index is -3.81. The summed E-state index contributed by atoms with van der Waals surface area (Å²) in [5.74, 6) is -0.721. The fourth-order valence-corrected chi connectivity index (χ4v) is 6.22. The summed E-state index contributed by atoms with van der Waals surface area (Å²) in [4.78, 5) is 43.1. The van der Waals surface area contributed by atoms with E-state index < -0.39 is 10.0 Å². The number of benzene rings is 4. The summed E-state index contributed by atoms with van der Waals surface area (Å²) in [5, 5.41) is 11.0. The molecule has 11 heteroatoms. The van der Waals surface area contributed by atoms with Gasteiger partial charge in [0, 0.05) is 37.3 Å². The van der Waals surface area contributed by atoms with E-state index in [4.69, 9.17) is 5.14 Å². The molecule has 0 aromatic heterocycles. The highest BCUT2D eigenvalue weighted by molar-refractivity contribution is 7.89. The van der Waals surface area contributed by atoms with Crippen molar-refractivity contribution in [3.63, 3.8) is 0 Å². The van der Waals surface area contributed by atoms with E-state index in [1.165, 1.54) is 25.0 Å². The van der Waals surface area contributed by atoms with Crippen LogP contribution in [0.25, 0.3) is 11.1 Å². The van der Waals surface area contributed by atoms with Crippen LogP contribution < -0.4 is 15.8 Å². The van der Waals surface area contributed by atoms with Crippen LogP contribution in [0, 0.1) is 0 Å². The number of sulfonamides is 1. The highest BCUT2D eigenvalue weighted by Crippen LogP contribution is 2.23. The first kappa shape index (κ1) is 34.5. The average Bonchev–Trinajstić information content (AvgIpc) is 3.63. The Labute approximate surface area is 282 Å². The van der Waals surface area contributed by atoms with E-state index in [2.05, 4.69) is 15.5 Å². The lowest BCUT2D eigenvalue weighted by atomic mass is 10.0. The van der Waals surface area contributed by atoms with Crippen molar-refractivity contribution in [3.8, 4) is 11.1 Å². The molecule has 1 heterocycles. The van der Waals surface area contributed by atoms with Crippen LogP contribution in [0.3, 0.4) is 0 Å². The summed E-state index contributed by atoms with van der Waals surface area (Å²) < 4.78 is 23.3. The summed E-state index contributed by atoms with van der Waals surface area (Å²) in [6.45, 7) is 4.03. The van der Waals surface area contributed by atoms with Gasteiger partial charge in [0.2, 0.25) is 15.9 Å². The smallest absolute Gasteiger partial charge is 0.251 e. The fourth-order valence-electron chi connectivity index (χ4n) is 5.71. The normalized spacial score (nSPS) is 13.2. The Bertz CT molecular complexity index is 1820. The third-order valence-electron chi connectivity index (χ3n) is 8.38. The Hall–Kier alpha value is -4.84. The fraction of sp³-hybridized carbons (Fsp3) is 0.270. The van der Waals surface area contributed by atoms with Gasteiger partial charge in [0.25, 0.3) is 11.8 Å². The van der Waals surface area contributed by atoms with Crippen LogP contribution in [0.2, 0.25) is 0 Å². The molecule has 4 N–H and O–H groups in total. The van der Waals surface area contributed by atoms with Gasteiger partial charge in [-0.05, 0) is 97.1 Å². The highest BCUT2D eigenvalue weighted by atomic mass is 32.2. The van der Waals surface area contributed by atoms with Crippen molar-refractivity contribution in [2.75, 3.05) is 39.3 Å². The van der Waals surface area contributed by atoms with Gasteiger partial charge in [-0.25, -0.2) is 13.6 Å². The Morgan fingerprint density at radius 3 is 2.08 bits per heavy atom. The van der Waals surface area contributed by atoms with E-state index in [1.807, 2.05) is 48.5 Å². The molecule has 1 saturated heterocycles. The van der Waals surface area contributed by atoms with Crippen molar-refractivity contribution >= 4 is 27.7 Å². The number of hydrogen-bond donors (Lipinski definition) is 3. The van der Waals surface area contributed by atoms with Gasteiger partial charge in [0.15, 0.2) is 0 Å². The topological polar surface area (TPSA) is 142 Å². The predicted octanol–water partition coefficient (Wildman–Crippen LogP) is 3.83. The molecule has 4 aromatic rings. The summed E-state index contributed by atoms with van der Waals surface area (Å²) in [5.41, 5.74) is 4.54. The van der Waals surface area contributed by atoms with E-state index in [0.29, 0.717) is 30.6 Å². The molecule has 0 bridgehead atoms. The molecule has 1 aliphatic rings. The molecule has 0 radical (unpaired) electrons. The first-order valence-corrected chi connectivity index (χ1v) is 17.6. The second-order valence-electron chi connectivity index (χ2n) is 11.9. The second kappa shape index (κ2) is 16.3. The van der Waals surface area contributed by atoms with Crippen molar-refractivity contribution in [2.45, 2.75) is 30.7 Å². The van der Waals surface area contributed by atoms with Crippen LogP contribution in [-0.2, 0) is 27.8 Å². The maximum Gasteiger partial charge on any atom is 0.251 e. The minimum absolute atomic E-state index is 0.0169. The van der Waals surface area contributed by atoms with Gasteiger partial charge in [-0.1, -0.05) is 60.7 Å². The molecule has 0 spiro atoms. The third-order valence-corrected chi connectivity index (χ3v) is 9.31. The number of nitrogens with zero attached hydrogens (tertiary/aromatic N) is 2.